The molecule has 0 fully saturated rings. The maximum absolute atomic E-state index is 5.75. The summed E-state index contributed by atoms with van der Waals surface area (Å²) in [7, 11) is 6.43. The van der Waals surface area contributed by atoms with Gasteiger partial charge < -0.3 is 40.6 Å². The minimum atomic E-state index is 0.458. The zero-order valence-corrected chi connectivity index (χ0v) is 35.0. The van der Waals surface area contributed by atoms with Gasteiger partial charge in [-0.25, -0.2) is 9.97 Å². The smallest absolute Gasteiger partial charge is 0.175 e. The van der Waals surface area contributed by atoms with Gasteiger partial charge in [-0.3, -0.25) is 9.97 Å². The van der Waals surface area contributed by atoms with E-state index >= 15 is 0 Å². The van der Waals surface area contributed by atoms with E-state index in [2.05, 4.69) is 48.1 Å². The van der Waals surface area contributed by atoms with Crippen LogP contribution in [-0.4, -0.2) is 59.0 Å². The molecule has 294 valence electrons. The number of nitrogens with two attached hydrogens (primary N) is 1. The van der Waals surface area contributed by atoms with E-state index < -0.39 is 0 Å². The number of pyridine rings is 2. The fraction of sp³-hybridized carbons (Fsp3) is 0.0952. The Morgan fingerprint density at radius 2 is 1.19 bits per heavy atom. The molecule has 5 N–H and O–H groups in total. The molecule has 0 spiro atoms. The third-order valence-corrected chi connectivity index (χ3v) is 10.6. The quantitative estimate of drug-likeness (QED) is 0.0763. The molecule has 8 rings (SSSR count). The normalized spacial score (nSPS) is 10.3. The molecule has 0 aliphatic heterocycles. The van der Waals surface area contributed by atoms with Crippen LogP contribution in [0.25, 0.3) is 41.6 Å². The van der Waals surface area contributed by atoms with Crippen molar-refractivity contribution in [3.63, 3.8) is 0 Å². The molecule has 0 radical (unpaired) electrons. The standard InChI is InChI=1S/C21H18N4O2S2.C12H9N3S.C9H11NO2S/c1-26-15-6-7-16(18(11-15)27-2)25-21(28)23-14-5-3-4-13(10-14)20-24-17-8-9-22-12-19(17)29-20;13-9-3-1-2-8(6-9)12-15-10-4-5-14-7-11(10)16-12;1-11-7-3-4-8(10-6-13)9(5-7)12-2/h3-12H,1-2H3,(H2,23,25,28);1-7H,13H2;3-6H,1-2H3,(H,10,13). The van der Waals surface area contributed by atoms with Crippen molar-refractivity contribution in [1.82, 2.24) is 19.9 Å². The van der Waals surface area contributed by atoms with Gasteiger partial charge >= 0.3 is 0 Å². The van der Waals surface area contributed by atoms with Crippen molar-refractivity contribution >= 4 is 101 Å². The summed E-state index contributed by atoms with van der Waals surface area (Å²) in [5, 5.41) is 11.6. The van der Waals surface area contributed by atoms with Gasteiger partial charge in [0.15, 0.2) is 5.11 Å². The lowest BCUT2D eigenvalue weighted by Crippen LogP contribution is -2.19. The Bertz CT molecular complexity index is 2590. The van der Waals surface area contributed by atoms with Crippen LogP contribution < -0.4 is 40.6 Å². The fourth-order valence-corrected chi connectivity index (χ4v) is 7.59. The molecule has 0 saturated heterocycles. The highest BCUT2D eigenvalue weighted by molar-refractivity contribution is 7.80. The highest BCUT2D eigenvalue weighted by Crippen LogP contribution is 2.33. The molecule has 4 heterocycles. The number of ether oxygens (including phenoxy) is 4. The molecule has 0 saturated carbocycles. The maximum Gasteiger partial charge on any atom is 0.175 e. The molecule has 0 aliphatic carbocycles. The molecule has 4 aromatic heterocycles. The molecule has 0 atom stereocenters. The Morgan fingerprint density at radius 1 is 0.638 bits per heavy atom. The highest BCUT2D eigenvalue weighted by atomic mass is 32.1. The average molecular weight is 847 g/mol. The molecule has 0 amide bonds. The van der Waals surface area contributed by atoms with Crippen LogP contribution in [0.3, 0.4) is 0 Å². The molecule has 8 aromatic rings. The number of aromatic nitrogens is 4. The van der Waals surface area contributed by atoms with Gasteiger partial charge in [-0.1, -0.05) is 36.5 Å². The van der Waals surface area contributed by atoms with Crippen molar-refractivity contribution in [2.45, 2.75) is 0 Å². The van der Waals surface area contributed by atoms with Gasteiger partial charge in [0.1, 0.15) is 33.0 Å². The van der Waals surface area contributed by atoms with Crippen LogP contribution in [0.4, 0.5) is 22.7 Å². The summed E-state index contributed by atoms with van der Waals surface area (Å²) in [5.41, 5.74) is 14.4. The second-order valence-electron chi connectivity index (χ2n) is 11.9. The number of thiazole rings is 2. The third kappa shape index (κ3) is 10.7. The van der Waals surface area contributed by atoms with E-state index in [1.54, 1.807) is 75.6 Å². The van der Waals surface area contributed by atoms with Gasteiger partial charge in [0, 0.05) is 59.4 Å². The van der Waals surface area contributed by atoms with Gasteiger partial charge in [0.2, 0.25) is 0 Å². The summed E-state index contributed by atoms with van der Waals surface area (Å²) in [6.07, 6.45) is 7.18. The van der Waals surface area contributed by atoms with E-state index in [9.17, 15) is 0 Å². The molecular weight excluding hydrogens is 809 g/mol. The Morgan fingerprint density at radius 3 is 1.72 bits per heavy atom. The largest absolute Gasteiger partial charge is 0.497 e. The number of nitrogen functional groups attached to an aromatic ring is 1. The maximum atomic E-state index is 5.75. The molecule has 12 nitrogen and oxygen atoms in total. The average Bonchev–Trinajstić information content (AvgIpc) is 3.90. The monoisotopic (exact) mass is 846 g/mol. The van der Waals surface area contributed by atoms with Gasteiger partial charge in [-0.15, -0.1) is 22.7 Å². The lowest BCUT2D eigenvalue weighted by Gasteiger charge is -2.14. The van der Waals surface area contributed by atoms with Gasteiger partial charge in [-0.2, -0.15) is 0 Å². The second-order valence-corrected chi connectivity index (χ2v) is 14.6. The van der Waals surface area contributed by atoms with Crippen LogP contribution >= 0.6 is 47.1 Å². The van der Waals surface area contributed by atoms with Crippen LogP contribution in [-0.2, 0) is 0 Å². The Hall–Kier alpha value is -6.46. The number of hydrogen-bond acceptors (Lipinski definition) is 13. The summed E-state index contributed by atoms with van der Waals surface area (Å²) >= 11 is 13.4. The zero-order valence-electron chi connectivity index (χ0n) is 31.8. The molecule has 16 heteroatoms. The molecule has 0 aliphatic rings. The van der Waals surface area contributed by atoms with Crippen molar-refractivity contribution < 1.29 is 18.9 Å². The van der Waals surface area contributed by atoms with Gasteiger partial charge in [0.25, 0.3) is 0 Å². The Balaban J connectivity index is 0.000000164. The first-order valence-electron chi connectivity index (χ1n) is 17.4. The molecule has 58 heavy (non-hydrogen) atoms. The summed E-state index contributed by atoms with van der Waals surface area (Å²) < 4.78 is 23.0. The van der Waals surface area contributed by atoms with Crippen molar-refractivity contribution in [2.75, 3.05) is 50.1 Å². The van der Waals surface area contributed by atoms with Crippen LogP contribution in [0.5, 0.6) is 23.0 Å². The van der Waals surface area contributed by atoms with E-state index in [0.717, 1.165) is 70.1 Å². The first kappa shape index (κ1) is 41.2. The number of fused-ring (bicyclic) bond motifs is 2. The zero-order chi connectivity index (χ0) is 40.9. The predicted molar refractivity (Wildman–Crippen MR) is 246 cm³/mol. The summed E-state index contributed by atoms with van der Waals surface area (Å²) in [5.74, 6) is 2.82. The van der Waals surface area contributed by atoms with Crippen LogP contribution in [0.15, 0.2) is 122 Å². The predicted octanol–water partition coefficient (Wildman–Crippen LogP) is 10.2. The first-order chi connectivity index (χ1) is 28.3. The minimum absolute atomic E-state index is 0.458. The minimum Gasteiger partial charge on any atom is -0.497 e. The number of nitrogens with one attached hydrogen (secondary N) is 3. The van der Waals surface area contributed by atoms with E-state index in [4.69, 9.17) is 36.9 Å². The summed E-state index contributed by atoms with van der Waals surface area (Å²) in [6.45, 7) is 0. The lowest BCUT2D eigenvalue weighted by molar-refractivity contribution is 0.395. The van der Waals surface area contributed by atoms with Crippen molar-refractivity contribution in [3.8, 4) is 44.1 Å². The van der Waals surface area contributed by atoms with Gasteiger partial charge in [0.05, 0.1) is 65.7 Å². The second kappa shape index (κ2) is 20.1. The molecular formula is C42H38N8O4S4. The number of nitrogens with zero attached hydrogens (tertiary/aromatic N) is 4. The first-order valence-corrected chi connectivity index (χ1v) is 19.9. The van der Waals surface area contributed by atoms with E-state index in [1.165, 1.54) is 5.49 Å². The van der Waals surface area contributed by atoms with Crippen molar-refractivity contribution in [1.29, 1.82) is 0 Å². The van der Waals surface area contributed by atoms with Crippen LogP contribution in [0.1, 0.15) is 0 Å². The van der Waals surface area contributed by atoms with Crippen molar-refractivity contribution in [2.24, 2.45) is 0 Å². The number of benzene rings is 4. The van der Waals surface area contributed by atoms with E-state index in [0.29, 0.717) is 22.4 Å². The van der Waals surface area contributed by atoms with E-state index in [-0.39, 0.29) is 0 Å². The number of thiocarbonyl (C=S) groups is 2. The summed E-state index contributed by atoms with van der Waals surface area (Å²) in [4.78, 5) is 17.5. The number of methoxy groups -OCH3 is 4. The molecule has 0 unspecified atom stereocenters. The van der Waals surface area contributed by atoms with Crippen LogP contribution in [0, 0.1) is 0 Å². The number of hydrogen-bond donors (Lipinski definition) is 4. The highest BCUT2D eigenvalue weighted by Gasteiger charge is 2.10. The summed E-state index contributed by atoms with van der Waals surface area (Å²) in [6, 6.07) is 30.5. The third-order valence-electron chi connectivity index (χ3n) is 8.16. The molecule has 4 aromatic carbocycles. The van der Waals surface area contributed by atoms with Crippen LogP contribution in [0.2, 0.25) is 0 Å². The Kier molecular flexibility index (Phi) is 14.3. The van der Waals surface area contributed by atoms with Crippen molar-refractivity contribution in [3.05, 3.63) is 122 Å². The SMILES string of the molecule is COc1ccc(NC(=S)Nc2cccc(-c3nc4ccncc4s3)c2)c(OC)c1.COc1ccc(NC=S)c(OC)c1.Nc1cccc(-c2nc3ccncc3s2)c1. The topological polar surface area (TPSA) is 151 Å². The number of rotatable bonds is 10. The molecule has 0 bridgehead atoms. The number of anilines is 4. The van der Waals surface area contributed by atoms with Gasteiger partial charge in [-0.05, 0) is 72.9 Å². The lowest BCUT2D eigenvalue weighted by atomic mass is 10.2. The Labute approximate surface area is 354 Å². The fourth-order valence-electron chi connectivity index (χ4n) is 5.38. The van der Waals surface area contributed by atoms with E-state index in [1.807, 2.05) is 97.3 Å².